The van der Waals surface area contributed by atoms with Crippen molar-refractivity contribution in [3.05, 3.63) is 36.2 Å². The fourth-order valence-corrected chi connectivity index (χ4v) is 0.795. The third-order valence-corrected chi connectivity index (χ3v) is 1.59. The standard InChI is InChI=1S/C9H11F/c1-9(2)7-5-3-4-6-8(9)10/h3-7H,1-2H3. The third-order valence-electron chi connectivity index (χ3n) is 1.59. The van der Waals surface area contributed by atoms with Crippen LogP contribution in [0.15, 0.2) is 36.2 Å². The molecule has 0 fully saturated rings. The zero-order valence-electron chi connectivity index (χ0n) is 6.26. The van der Waals surface area contributed by atoms with Gasteiger partial charge in [-0.25, -0.2) is 4.39 Å². The molecule has 0 nitrogen and oxygen atoms in total. The minimum Gasteiger partial charge on any atom is -0.211 e. The molecule has 0 aromatic heterocycles. The van der Waals surface area contributed by atoms with E-state index in [9.17, 15) is 4.39 Å². The van der Waals surface area contributed by atoms with E-state index in [1.165, 1.54) is 6.08 Å². The molecule has 0 heterocycles. The molecular weight excluding hydrogens is 127 g/mol. The quantitative estimate of drug-likeness (QED) is 0.482. The normalized spacial score (nSPS) is 22.1. The molecule has 1 aliphatic rings. The van der Waals surface area contributed by atoms with Crippen molar-refractivity contribution in [2.45, 2.75) is 13.8 Å². The van der Waals surface area contributed by atoms with Crippen molar-refractivity contribution in [1.82, 2.24) is 0 Å². The van der Waals surface area contributed by atoms with E-state index in [-0.39, 0.29) is 5.83 Å². The Morgan fingerprint density at radius 2 is 1.90 bits per heavy atom. The van der Waals surface area contributed by atoms with Crippen molar-refractivity contribution < 1.29 is 4.39 Å². The smallest absolute Gasteiger partial charge is 0.109 e. The maximum Gasteiger partial charge on any atom is 0.109 e. The molecule has 1 aliphatic carbocycles. The van der Waals surface area contributed by atoms with E-state index in [0.717, 1.165) is 0 Å². The lowest BCUT2D eigenvalue weighted by atomic mass is 9.92. The molecule has 0 saturated carbocycles. The van der Waals surface area contributed by atoms with Crippen LogP contribution in [0.1, 0.15) is 13.8 Å². The number of rotatable bonds is 0. The van der Waals surface area contributed by atoms with Gasteiger partial charge in [0.15, 0.2) is 0 Å². The van der Waals surface area contributed by atoms with Crippen molar-refractivity contribution in [3.8, 4) is 0 Å². The molecule has 0 aromatic carbocycles. The Balaban J connectivity index is 2.97. The van der Waals surface area contributed by atoms with Crippen LogP contribution in [0.25, 0.3) is 0 Å². The van der Waals surface area contributed by atoms with Crippen molar-refractivity contribution in [3.63, 3.8) is 0 Å². The average molecular weight is 138 g/mol. The van der Waals surface area contributed by atoms with Crippen LogP contribution in [0.2, 0.25) is 0 Å². The summed E-state index contributed by atoms with van der Waals surface area (Å²) in [5.41, 5.74) is -0.427. The highest BCUT2D eigenvalue weighted by Gasteiger charge is 2.19. The zero-order valence-corrected chi connectivity index (χ0v) is 6.26. The molecule has 0 amide bonds. The summed E-state index contributed by atoms with van der Waals surface area (Å²) in [5.74, 6) is -0.0856. The highest BCUT2D eigenvalue weighted by Crippen LogP contribution is 2.29. The van der Waals surface area contributed by atoms with Gasteiger partial charge >= 0.3 is 0 Å². The first-order valence-electron chi connectivity index (χ1n) is 3.35. The molecule has 0 unspecified atom stereocenters. The second-order valence-electron chi connectivity index (χ2n) is 2.98. The van der Waals surface area contributed by atoms with E-state index in [2.05, 4.69) is 0 Å². The summed E-state index contributed by atoms with van der Waals surface area (Å²) in [6.45, 7) is 3.70. The number of halogens is 1. The molecule has 54 valence electrons. The Labute approximate surface area is 60.7 Å². The molecule has 0 aromatic rings. The van der Waals surface area contributed by atoms with Gasteiger partial charge in [-0.1, -0.05) is 24.3 Å². The van der Waals surface area contributed by atoms with E-state index in [1.54, 1.807) is 6.08 Å². The topological polar surface area (TPSA) is 0 Å². The summed E-state index contributed by atoms with van der Waals surface area (Å²) in [6, 6.07) is 0. The number of allylic oxidation sites excluding steroid dienone is 6. The molecule has 0 atom stereocenters. The third kappa shape index (κ3) is 1.35. The molecule has 0 saturated heterocycles. The van der Waals surface area contributed by atoms with Gasteiger partial charge in [0.1, 0.15) is 5.83 Å². The Morgan fingerprint density at radius 3 is 2.60 bits per heavy atom. The van der Waals surface area contributed by atoms with Gasteiger partial charge in [-0.3, -0.25) is 0 Å². The lowest BCUT2D eigenvalue weighted by Crippen LogP contribution is -2.06. The lowest BCUT2D eigenvalue weighted by Gasteiger charge is -2.15. The van der Waals surface area contributed by atoms with Crippen LogP contribution in [0.4, 0.5) is 4.39 Å². The Bertz CT molecular complexity index is 207. The second-order valence-corrected chi connectivity index (χ2v) is 2.98. The van der Waals surface area contributed by atoms with Gasteiger partial charge in [-0.05, 0) is 19.9 Å². The zero-order chi connectivity index (χ0) is 7.61. The summed E-state index contributed by atoms with van der Waals surface area (Å²) < 4.78 is 13.0. The molecule has 1 heteroatoms. The summed E-state index contributed by atoms with van der Waals surface area (Å²) >= 11 is 0. The largest absolute Gasteiger partial charge is 0.211 e. The minimum absolute atomic E-state index is 0.0856. The SMILES string of the molecule is CC1(C)C=CC=CC=C1F. The van der Waals surface area contributed by atoms with Crippen molar-refractivity contribution >= 4 is 0 Å². The fourth-order valence-electron chi connectivity index (χ4n) is 0.795. The molecule has 0 spiro atoms. The predicted octanol–water partition coefficient (Wildman–Crippen LogP) is 2.99. The lowest BCUT2D eigenvalue weighted by molar-refractivity contribution is 0.429. The number of hydrogen-bond donors (Lipinski definition) is 0. The summed E-state index contributed by atoms with van der Waals surface area (Å²) in [7, 11) is 0. The van der Waals surface area contributed by atoms with Gasteiger partial charge in [-0.2, -0.15) is 0 Å². The van der Waals surface area contributed by atoms with Gasteiger partial charge in [-0.15, -0.1) is 0 Å². The summed E-state index contributed by atoms with van der Waals surface area (Å²) in [4.78, 5) is 0. The van der Waals surface area contributed by atoms with Crippen LogP contribution in [0.5, 0.6) is 0 Å². The van der Waals surface area contributed by atoms with Crippen molar-refractivity contribution in [2.24, 2.45) is 5.41 Å². The predicted molar refractivity (Wildman–Crippen MR) is 41.3 cm³/mol. The highest BCUT2D eigenvalue weighted by molar-refractivity contribution is 5.26. The van der Waals surface area contributed by atoms with Crippen LogP contribution in [0, 0.1) is 5.41 Å². The first kappa shape index (κ1) is 7.26. The van der Waals surface area contributed by atoms with E-state index >= 15 is 0 Å². The van der Waals surface area contributed by atoms with Gasteiger partial charge in [0.05, 0.1) is 0 Å². The average Bonchev–Trinajstić information content (AvgIpc) is 1.96. The molecule has 10 heavy (non-hydrogen) atoms. The van der Waals surface area contributed by atoms with E-state index in [0.29, 0.717) is 0 Å². The van der Waals surface area contributed by atoms with E-state index < -0.39 is 5.41 Å². The molecule has 0 aliphatic heterocycles. The molecule has 0 N–H and O–H groups in total. The van der Waals surface area contributed by atoms with Gasteiger partial charge in [0.25, 0.3) is 0 Å². The maximum absolute atomic E-state index is 13.0. The first-order valence-corrected chi connectivity index (χ1v) is 3.35. The van der Waals surface area contributed by atoms with Gasteiger partial charge in [0.2, 0.25) is 0 Å². The number of hydrogen-bond acceptors (Lipinski definition) is 0. The van der Waals surface area contributed by atoms with Crippen LogP contribution < -0.4 is 0 Å². The van der Waals surface area contributed by atoms with Crippen LogP contribution >= 0.6 is 0 Å². The fraction of sp³-hybridized carbons (Fsp3) is 0.333. The minimum atomic E-state index is -0.427. The maximum atomic E-state index is 13.0. The molecule has 0 radical (unpaired) electrons. The monoisotopic (exact) mass is 138 g/mol. The second kappa shape index (κ2) is 2.41. The Kier molecular flexibility index (Phi) is 1.75. The van der Waals surface area contributed by atoms with Gasteiger partial charge in [0, 0.05) is 5.41 Å². The van der Waals surface area contributed by atoms with Crippen molar-refractivity contribution in [1.29, 1.82) is 0 Å². The highest BCUT2D eigenvalue weighted by atomic mass is 19.1. The van der Waals surface area contributed by atoms with E-state index in [1.807, 2.05) is 32.1 Å². The Hall–Kier alpha value is -0.850. The molecule has 1 rings (SSSR count). The van der Waals surface area contributed by atoms with Gasteiger partial charge < -0.3 is 0 Å². The Morgan fingerprint density at radius 1 is 1.20 bits per heavy atom. The van der Waals surface area contributed by atoms with Crippen LogP contribution in [-0.4, -0.2) is 0 Å². The molecule has 0 bridgehead atoms. The van der Waals surface area contributed by atoms with Crippen LogP contribution in [-0.2, 0) is 0 Å². The van der Waals surface area contributed by atoms with Crippen LogP contribution in [0.3, 0.4) is 0 Å². The molecular formula is C9H11F. The summed E-state index contributed by atoms with van der Waals surface area (Å²) in [5, 5.41) is 0. The van der Waals surface area contributed by atoms with E-state index in [4.69, 9.17) is 0 Å². The summed E-state index contributed by atoms with van der Waals surface area (Å²) in [6.07, 6.45) is 8.75. The first-order chi connectivity index (χ1) is 4.63. The van der Waals surface area contributed by atoms with Crippen molar-refractivity contribution in [2.75, 3.05) is 0 Å².